The number of halogens is 1. The van der Waals surface area contributed by atoms with Gasteiger partial charge in [0.1, 0.15) is 18.0 Å². The monoisotopic (exact) mass is 381 g/mol. The highest BCUT2D eigenvalue weighted by molar-refractivity contribution is 5.71. The number of amides is 1. The summed E-state index contributed by atoms with van der Waals surface area (Å²) in [6, 6.07) is 6.95. The van der Waals surface area contributed by atoms with E-state index < -0.39 is 30.2 Å². The fourth-order valence-electron chi connectivity index (χ4n) is 3.35. The van der Waals surface area contributed by atoms with Crippen LogP contribution in [-0.2, 0) is 4.74 Å². The van der Waals surface area contributed by atoms with E-state index >= 15 is 0 Å². The van der Waals surface area contributed by atoms with E-state index in [9.17, 15) is 14.3 Å². The summed E-state index contributed by atoms with van der Waals surface area (Å²) < 4.78 is 19.0. The quantitative estimate of drug-likeness (QED) is 0.483. The lowest BCUT2D eigenvalue weighted by atomic mass is 9.96. The van der Waals surface area contributed by atoms with E-state index in [0.717, 1.165) is 17.9 Å². The first-order chi connectivity index (χ1) is 13.5. The first-order valence-corrected chi connectivity index (χ1v) is 9.16. The molecule has 3 atom stereocenters. The van der Waals surface area contributed by atoms with Crippen molar-refractivity contribution >= 4 is 6.09 Å². The molecule has 3 N–H and O–H groups in total. The van der Waals surface area contributed by atoms with Gasteiger partial charge in [-0.1, -0.05) is 36.8 Å². The Labute approximate surface area is 162 Å². The number of carbonyl (C=O) groups excluding carboxylic acids is 1. The highest BCUT2D eigenvalue weighted by atomic mass is 19.1. The van der Waals surface area contributed by atoms with Gasteiger partial charge in [-0.15, -0.1) is 0 Å². The summed E-state index contributed by atoms with van der Waals surface area (Å²) in [4.78, 5) is 16.2. The van der Waals surface area contributed by atoms with Crippen LogP contribution in [0, 0.1) is 23.6 Å². The predicted octanol–water partition coefficient (Wildman–Crippen LogP) is 2.84. The summed E-state index contributed by atoms with van der Waals surface area (Å²) in [6.45, 7) is 0. The zero-order valence-electron chi connectivity index (χ0n) is 15.1. The third-order valence-electron chi connectivity index (χ3n) is 4.94. The smallest absolute Gasteiger partial charge is 0.425 e. The maximum absolute atomic E-state index is 13.6. The molecule has 1 aliphatic carbocycles. The van der Waals surface area contributed by atoms with Crippen molar-refractivity contribution in [3.63, 3.8) is 0 Å². The van der Waals surface area contributed by atoms with Gasteiger partial charge in [0.2, 0.25) is 0 Å². The van der Waals surface area contributed by atoms with Gasteiger partial charge >= 0.3 is 6.09 Å². The maximum atomic E-state index is 13.6. The van der Waals surface area contributed by atoms with Gasteiger partial charge < -0.3 is 9.84 Å². The molecular formula is C21H20FN3O3. The van der Waals surface area contributed by atoms with Crippen molar-refractivity contribution < 1.29 is 19.0 Å². The molecule has 0 radical (unpaired) electrons. The van der Waals surface area contributed by atoms with Gasteiger partial charge in [-0.3, -0.25) is 4.98 Å². The van der Waals surface area contributed by atoms with Crippen LogP contribution in [0.4, 0.5) is 9.18 Å². The molecule has 0 spiro atoms. The van der Waals surface area contributed by atoms with Crippen LogP contribution in [0.3, 0.4) is 0 Å². The first kappa shape index (κ1) is 18.4. The third-order valence-corrected chi connectivity index (χ3v) is 4.94. The number of rotatable bonds is 4. The van der Waals surface area contributed by atoms with E-state index in [0.29, 0.717) is 29.0 Å². The van der Waals surface area contributed by atoms with Crippen molar-refractivity contribution in [2.75, 3.05) is 0 Å². The Morgan fingerprint density at radius 1 is 1.32 bits per heavy atom. The number of hydrogen-bond donors (Lipinski definition) is 2. The SMILES string of the molecule is NN1C(=O)O[C@H](c2cccc(F)c2)[C@H]1c1cncc(C#CC(O)CC2CC2)c1. The largest absolute Gasteiger partial charge is 0.438 e. The molecule has 144 valence electrons. The van der Waals surface area contributed by atoms with Crippen LogP contribution in [0.15, 0.2) is 42.7 Å². The number of hydrazine groups is 1. The molecule has 1 saturated heterocycles. The van der Waals surface area contributed by atoms with E-state index in [4.69, 9.17) is 10.6 Å². The maximum Gasteiger partial charge on any atom is 0.425 e. The van der Waals surface area contributed by atoms with Gasteiger partial charge in [0, 0.05) is 18.0 Å². The standard InChI is InChI=1S/C21H20FN3O3/c22-17-3-1-2-15(10-17)20-19(25(23)21(27)28-20)16-8-14(11-24-12-16)6-7-18(26)9-13-4-5-13/h1-3,8,10-13,18-20,26H,4-5,9,23H2/t18?,19-,20-/m1/s1. The van der Waals surface area contributed by atoms with Crippen LogP contribution in [0.1, 0.15) is 48.1 Å². The molecule has 28 heavy (non-hydrogen) atoms. The lowest BCUT2D eigenvalue weighted by molar-refractivity contribution is 0.129. The first-order valence-electron chi connectivity index (χ1n) is 9.16. The second-order valence-corrected chi connectivity index (χ2v) is 7.18. The highest BCUT2D eigenvalue weighted by Crippen LogP contribution is 2.41. The number of hydrogen-bond acceptors (Lipinski definition) is 5. The molecule has 0 bridgehead atoms. The molecule has 1 saturated carbocycles. The number of aliphatic hydroxyl groups is 1. The molecule has 2 fully saturated rings. The molecule has 2 aromatic rings. The minimum absolute atomic E-state index is 0.426. The Kier molecular flexibility index (Phi) is 4.99. The zero-order valence-corrected chi connectivity index (χ0v) is 15.1. The van der Waals surface area contributed by atoms with Crippen LogP contribution in [0.2, 0.25) is 0 Å². The second-order valence-electron chi connectivity index (χ2n) is 7.18. The minimum Gasteiger partial charge on any atom is -0.438 e. The molecular weight excluding hydrogens is 361 g/mol. The fourth-order valence-corrected chi connectivity index (χ4v) is 3.35. The molecule has 4 rings (SSSR count). The molecule has 1 amide bonds. The summed E-state index contributed by atoms with van der Waals surface area (Å²) in [5.41, 5.74) is 1.71. The van der Waals surface area contributed by atoms with Gasteiger partial charge in [0.05, 0.1) is 0 Å². The Balaban J connectivity index is 1.60. The van der Waals surface area contributed by atoms with Gasteiger partial charge in [-0.25, -0.2) is 20.0 Å². The number of nitrogens with zero attached hydrogens (tertiary/aromatic N) is 2. The summed E-state index contributed by atoms with van der Waals surface area (Å²) >= 11 is 0. The van der Waals surface area contributed by atoms with Crippen molar-refractivity contribution in [3.8, 4) is 11.8 Å². The number of benzene rings is 1. The van der Waals surface area contributed by atoms with Crippen molar-refractivity contribution in [3.05, 3.63) is 65.2 Å². The average Bonchev–Trinajstić information content (AvgIpc) is 3.44. The van der Waals surface area contributed by atoms with E-state index in [1.54, 1.807) is 30.6 Å². The van der Waals surface area contributed by atoms with E-state index in [1.807, 2.05) is 0 Å². The summed E-state index contributed by atoms with van der Waals surface area (Å²) in [5, 5.41) is 11.0. The number of cyclic esters (lactones) is 1. The van der Waals surface area contributed by atoms with E-state index in [1.165, 1.54) is 12.1 Å². The highest BCUT2D eigenvalue weighted by Gasteiger charge is 2.42. The minimum atomic E-state index is -0.765. The predicted molar refractivity (Wildman–Crippen MR) is 98.9 cm³/mol. The lowest BCUT2D eigenvalue weighted by Crippen LogP contribution is -2.34. The fraction of sp³-hybridized carbons (Fsp3) is 0.333. The number of aliphatic hydroxyl groups excluding tert-OH is 1. The van der Waals surface area contributed by atoms with Gasteiger partial charge in [0.25, 0.3) is 0 Å². The normalized spacial score (nSPS) is 22.4. The Morgan fingerprint density at radius 2 is 2.14 bits per heavy atom. The molecule has 1 aromatic heterocycles. The molecule has 1 unspecified atom stereocenters. The summed E-state index contributed by atoms with van der Waals surface area (Å²) in [7, 11) is 0. The molecule has 1 aromatic carbocycles. The zero-order chi connectivity index (χ0) is 19.7. The Morgan fingerprint density at radius 3 is 2.89 bits per heavy atom. The van der Waals surface area contributed by atoms with Crippen LogP contribution in [-0.4, -0.2) is 27.3 Å². The second kappa shape index (κ2) is 7.58. The summed E-state index contributed by atoms with van der Waals surface area (Å²) in [6.07, 6.45) is 4.01. The lowest BCUT2D eigenvalue weighted by Gasteiger charge is -2.21. The van der Waals surface area contributed by atoms with Crippen LogP contribution < -0.4 is 5.84 Å². The topological polar surface area (TPSA) is 88.7 Å². The number of nitrogens with two attached hydrogens (primary N) is 1. The van der Waals surface area contributed by atoms with Crippen molar-refractivity contribution in [1.82, 2.24) is 9.99 Å². The van der Waals surface area contributed by atoms with E-state index in [-0.39, 0.29) is 0 Å². The number of ether oxygens (including phenoxy) is 1. The van der Waals surface area contributed by atoms with E-state index in [2.05, 4.69) is 16.8 Å². The van der Waals surface area contributed by atoms with Crippen LogP contribution in [0.25, 0.3) is 0 Å². The summed E-state index contributed by atoms with van der Waals surface area (Å²) in [5.74, 6) is 11.8. The molecule has 7 heteroatoms. The number of pyridine rings is 1. The van der Waals surface area contributed by atoms with Gasteiger partial charge in [0.15, 0.2) is 6.10 Å². The van der Waals surface area contributed by atoms with Crippen molar-refractivity contribution in [2.24, 2.45) is 11.8 Å². The van der Waals surface area contributed by atoms with Gasteiger partial charge in [-0.2, -0.15) is 0 Å². The average molecular weight is 381 g/mol. The number of aromatic nitrogens is 1. The molecule has 6 nitrogen and oxygen atoms in total. The number of carbonyl (C=O) groups is 1. The Hall–Kier alpha value is -2.95. The van der Waals surface area contributed by atoms with Gasteiger partial charge in [-0.05, 0) is 41.7 Å². The third kappa shape index (κ3) is 3.98. The Bertz CT molecular complexity index is 951. The van der Waals surface area contributed by atoms with Crippen LogP contribution in [0.5, 0.6) is 0 Å². The molecule has 1 aliphatic heterocycles. The molecule has 2 heterocycles. The van der Waals surface area contributed by atoms with Crippen LogP contribution >= 0.6 is 0 Å². The molecule has 2 aliphatic rings. The van der Waals surface area contributed by atoms with Crippen molar-refractivity contribution in [2.45, 2.75) is 37.5 Å². The van der Waals surface area contributed by atoms with Crippen molar-refractivity contribution in [1.29, 1.82) is 0 Å².